The maximum atomic E-state index is 13.9. The maximum Gasteiger partial charge on any atom is 0.261 e. The molecule has 0 saturated heterocycles. The Morgan fingerprint density at radius 1 is 1.00 bits per heavy atom. The van der Waals surface area contributed by atoms with E-state index in [1.165, 1.54) is 23.9 Å². The van der Waals surface area contributed by atoms with Crippen molar-refractivity contribution in [3.63, 3.8) is 0 Å². The third kappa shape index (κ3) is 2.82. The van der Waals surface area contributed by atoms with Crippen molar-refractivity contribution in [2.75, 3.05) is 0 Å². The minimum absolute atomic E-state index is 0.174. The Bertz CT molecular complexity index is 1080. The molecule has 26 heavy (non-hydrogen) atoms. The summed E-state index contributed by atoms with van der Waals surface area (Å²) < 4.78 is 19.2. The molecule has 2 aromatic carbocycles. The molecule has 0 N–H and O–H groups in total. The highest BCUT2D eigenvalue weighted by molar-refractivity contribution is 7.10. The van der Waals surface area contributed by atoms with E-state index in [9.17, 15) is 4.39 Å². The van der Waals surface area contributed by atoms with Crippen LogP contribution in [0.5, 0.6) is 0 Å². The molecule has 4 nitrogen and oxygen atoms in total. The van der Waals surface area contributed by atoms with Crippen LogP contribution in [0.3, 0.4) is 0 Å². The normalized spacial score (nSPS) is 13.9. The molecule has 0 unspecified atom stereocenters. The first-order valence-electron chi connectivity index (χ1n) is 8.43. The molecule has 128 valence electrons. The standard InChI is InChI=1S/C20H14FN3OS/c21-16-7-2-1-6-15(16)19-23-18(24-25-19)14-5-3-4-13(10-14)17-11-26-20(22-17)12-8-9-12/h1-7,10-12H,8-9H2. The van der Waals surface area contributed by atoms with Crippen molar-refractivity contribution in [2.24, 2.45) is 0 Å². The molecule has 2 aromatic heterocycles. The highest BCUT2D eigenvalue weighted by Gasteiger charge is 2.26. The molecule has 4 aromatic rings. The third-order valence-electron chi connectivity index (χ3n) is 4.40. The zero-order chi connectivity index (χ0) is 17.5. The number of hydrogen-bond acceptors (Lipinski definition) is 5. The number of rotatable bonds is 4. The van der Waals surface area contributed by atoms with Gasteiger partial charge in [0.25, 0.3) is 5.89 Å². The third-order valence-corrected chi connectivity index (χ3v) is 5.40. The molecule has 0 atom stereocenters. The van der Waals surface area contributed by atoms with Crippen LogP contribution in [0.4, 0.5) is 4.39 Å². The molecule has 1 saturated carbocycles. The molecule has 0 bridgehead atoms. The number of aromatic nitrogens is 3. The molecule has 0 radical (unpaired) electrons. The molecule has 1 aliphatic rings. The number of nitrogens with zero attached hydrogens (tertiary/aromatic N) is 3. The average Bonchev–Trinajstić information content (AvgIpc) is 3.21. The van der Waals surface area contributed by atoms with Crippen molar-refractivity contribution in [1.29, 1.82) is 0 Å². The van der Waals surface area contributed by atoms with E-state index in [0.717, 1.165) is 16.8 Å². The number of halogens is 1. The summed E-state index contributed by atoms with van der Waals surface area (Å²) in [5, 5.41) is 7.32. The van der Waals surface area contributed by atoms with E-state index < -0.39 is 0 Å². The summed E-state index contributed by atoms with van der Waals surface area (Å²) >= 11 is 1.72. The van der Waals surface area contributed by atoms with Crippen molar-refractivity contribution >= 4 is 11.3 Å². The second-order valence-corrected chi connectivity index (χ2v) is 7.22. The van der Waals surface area contributed by atoms with Gasteiger partial charge in [0.1, 0.15) is 5.82 Å². The van der Waals surface area contributed by atoms with Crippen LogP contribution in [0.15, 0.2) is 58.4 Å². The van der Waals surface area contributed by atoms with Crippen LogP contribution >= 0.6 is 11.3 Å². The molecule has 0 aliphatic heterocycles. The first-order valence-corrected chi connectivity index (χ1v) is 9.31. The van der Waals surface area contributed by atoms with Gasteiger partial charge in [-0.05, 0) is 31.0 Å². The number of hydrogen-bond donors (Lipinski definition) is 0. The zero-order valence-electron chi connectivity index (χ0n) is 13.7. The van der Waals surface area contributed by atoms with Crippen molar-refractivity contribution in [2.45, 2.75) is 18.8 Å². The first kappa shape index (κ1) is 15.4. The Hall–Kier alpha value is -2.86. The minimum atomic E-state index is -0.383. The van der Waals surface area contributed by atoms with E-state index in [0.29, 0.717) is 17.3 Å². The Morgan fingerprint density at radius 2 is 1.85 bits per heavy atom. The van der Waals surface area contributed by atoms with Crippen molar-refractivity contribution in [1.82, 2.24) is 15.1 Å². The minimum Gasteiger partial charge on any atom is -0.334 e. The summed E-state index contributed by atoms with van der Waals surface area (Å²) in [6.45, 7) is 0. The monoisotopic (exact) mass is 363 g/mol. The van der Waals surface area contributed by atoms with Gasteiger partial charge in [0, 0.05) is 22.4 Å². The Morgan fingerprint density at radius 3 is 2.69 bits per heavy atom. The van der Waals surface area contributed by atoms with Crippen molar-refractivity contribution < 1.29 is 8.91 Å². The van der Waals surface area contributed by atoms with Gasteiger partial charge in [-0.15, -0.1) is 11.3 Å². The quantitative estimate of drug-likeness (QED) is 0.477. The van der Waals surface area contributed by atoms with Gasteiger partial charge in [0.2, 0.25) is 5.82 Å². The summed E-state index contributed by atoms with van der Waals surface area (Å²) in [6, 6.07) is 14.2. The van der Waals surface area contributed by atoms with Gasteiger partial charge in [-0.3, -0.25) is 0 Å². The molecule has 0 amide bonds. The van der Waals surface area contributed by atoms with Crippen LogP contribution in [0.25, 0.3) is 34.1 Å². The topological polar surface area (TPSA) is 51.8 Å². The van der Waals surface area contributed by atoms with Gasteiger partial charge >= 0.3 is 0 Å². The Kier molecular flexibility index (Phi) is 3.64. The second kappa shape index (κ2) is 6.14. The van der Waals surface area contributed by atoms with Crippen LogP contribution in [-0.2, 0) is 0 Å². The van der Waals surface area contributed by atoms with Gasteiger partial charge in [-0.1, -0.05) is 35.5 Å². The zero-order valence-corrected chi connectivity index (χ0v) is 14.5. The first-order chi connectivity index (χ1) is 12.8. The van der Waals surface area contributed by atoms with E-state index in [1.807, 2.05) is 24.3 Å². The lowest BCUT2D eigenvalue weighted by Crippen LogP contribution is -1.86. The van der Waals surface area contributed by atoms with E-state index >= 15 is 0 Å². The van der Waals surface area contributed by atoms with Crippen LogP contribution in [0.2, 0.25) is 0 Å². The lowest BCUT2D eigenvalue weighted by Gasteiger charge is -1.99. The fraction of sp³-hybridized carbons (Fsp3) is 0.150. The van der Waals surface area contributed by atoms with Gasteiger partial charge in [-0.25, -0.2) is 9.37 Å². The lowest BCUT2D eigenvalue weighted by molar-refractivity contribution is 0.429. The van der Waals surface area contributed by atoms with E-state index in [-0.39, 0.29) is 11.7 Å². The van der Waals surface area contributed by atoms with Crippen LogP contribution in [-0.4, -0.2) is 15.1 Å². The summed E-state index contributed by atoms with van der Waals surface area (Å²) in [6.07, 6.45) is 2.49. The van der Waals surface area contributed by atoms with Gasteiger partial charge in [-0.2, -0.15) is 4.98 Å². The molecule has 1 aliphatic carbocycles. The predicted molar refractivity (Wildman–Crippen MR) is 98.2 cm³/mol. The number of thiazole rings is 1. The van der Waals surface area contributed by atoms with Gasteiger partial charge in [0.05, 0.1) is 16.3 Å². The van der Waals surface area contributed by atoms with Gasteiger partial charge < -0.3 is 4.52 Å². The summed E-state index contributed by atoms with van der Waals surface area (Å²) in [4.78, 5) is 9.10. The Labute approximate surface area is 153 Å². The van der Waals surface area contributed by atoms with Crippen molar-refractivity contribution in [3.8, 4) is 34.1 Å². The smallest absolute Gasteiger partial charge is 0.261 e. The largest absolute Gasteiger partial charge is 0.334 e. The van der Waals surface area contributed by atoms with E-state index in [4.69, 9.17) is 9.51 Å². The van der Waals surface area contributed by atoms with Crippen LogP contribution < -0.4 is 0 Å². The van der Waals surface area contributed by atoms with E-state index in [1.54, 1.807) is 29.5 Å². The van der Waals surface area contributed by atoms with E-state index in [2.05, 4.69) is 15.5 Å². The summed E-state index contributed by atoms with van der Waals surface area (Å²) in [7, 11) is 0. The molecular weight excluding hydrogens is 349 g/mol. The number of benzene rings is 2. The van der Waals surface area contributed by atoms with Crippen LogP contribution in [0, 0.1) is 5.82 Å². The molecule has 5 rings (SSSR count). The molecule has 6 heteroatoms. The van der Waals surface area contributed by atoms with Crippen LogP contribution in [0.1, 0.15) is 23.8 Å². The SMILES string of the molecule is Fc1ccccc1-c1nc(-c2cccc(-c3csc(C4CC4)n3)c2)no1. The summed E-state index contributed by atoms with van der Waals surface area (Å²) in [5.74, 6) is 0.875. The Balaban J connectivity index is 1.48. The fourth-order valence-electron chi connectivity index (χ4n) is 2.84. The fourth-order valence-corrected chi connectivity index (χ4v) is 3.84. The summed E-state index contributed by atoms with van der Waals surface area (Å²) in [5.41, 5.74) is 3.10. The molecule has 0 spiro atoms. The molecule has 1 fully saturated rings. The molecular formula is C20H14FN3OS. The van der Waals surface area contributed by atoms with Gasteiger partial charge in [0.15, 0.2) is 0 Å². The maximum absolute atomic E-state index is 13.9. The molecule has 2 heterocycles. The highest BCUT2D eigenvalue weighted by Crippen LogP contribution is 2.42. The second-order valence-electron chi connectivity index (χ2n) is 6.33. The highest BCUT2D eigenvalue weighted by atomic mass is 32.1. The average molecular weight is 363 g/mol. The lowest BCUT2D eigenvalue weighted by atomic mass is 10.1. The predicted octanol–water partition coefficient (Wildman–Crippen LogP) is 5.54. The van der Waals surface area contributed by atoms with Crippen molar-refractivity contribution in [3.05, 3.63) is 64.7 Å².